The summed E-state index contributed by atoms with van der Waals surface area (Å²) in [5.41, 5.74) is 4.15. The maximum absolute atomic E-state index is 6.28. The standard InChI is InChI=1S/C16H13Cl2IN2/c1-10-2-4-12(9-13(10)18)21-15-5-3-11(19)8-14(15)20-16(21)6-7-17/h2-5,8-9H,6-7H2,1H3. The maximum Gasteiger partial charge on any atom is 0.115 e. The lowest BCUT2D eigenvalue weighted by Crippen LogP contribution is -2.02. The van der Waals surface area contributed by atoms with Crippen molar-refractivity contribution in [3.05, 3.63) is 56.4 Å². The Morgan fingerprint density at radius 3 is 2.71 bits per heavy atom. The van der Waals surface area contributed by atoms with E-state index < -0.39 is 0 Å². The van der Waals surface area contributed by atoms with Crippen LogP contribution in [-0.2, 0) is 6.42 Å². The number of nitrogens with zero attached hydrogens (tertiary/aromatic N) is 2. The van der Waals surface area contributed by atoms with Crippen molar-refractivity contribution in [2.45, 2.75) is 13.3 Å². The maximum atomic E-state index is 6.28. The molecule has 5 heteroatoms. The Labute approximate surface area is 147 Å². The second-order valence-corrected chi connectivity index (χ2v) is 6.90. The molecule has 0 N–H and O–H groups in total. The highest BCUT2D eigenvalue weighted by Gasteiger charge is 2.13. The smallest absolute Gasteiger partial charge is 0.115 e. The normalized spacial score (nSPS) is 11.2. The zero-order valence-corrected chi connectivity index (χ0v) is 15.1. The first kappa shape index (κ1) is 15.1. The summed E-state index contributed by atoms with van der Waals surface area (Å²) in [7, 11) is 0. The molecule has 0 aliphatic carbocycles. The molecule has 3 aromatic rings. The number of halogens is 3. The molecule has 108 valence electrons. The van der Waals surface area contributed by atoms with Crippen molar-refractivity contribution in [3.8, 4) is 5.69 Å². The van der Waals surface area contributed by atoms with Gasteiger partial charge in [0.05, 0.1) is 11.0 Å². The molecule has 3 rings (SSSR count). The number of rotatable bonds is 3. The molecule has 21 heavy (non-hydrogen) atoms. The highest BCUT2D eigenvalue weighted by Crippen LogP contribution is 2.26. The number of benzene rings is 2. The number of aryl methyl sites for hydroxylation is 2. The molecule has 0 saturated carbocycles. The van der Waals surface area contributed by atoms with Crippen LogP contribution in [0.5, 0.6) is 0 Å². The third-order valence-corrected chi connectivity index (χ3v) is 4.68. The number of imidazole rings is 1. The van der Waals surface area contributed by atoms with Gasteiger partial charge in [-0.05, 0) is 65.4 Å². The van der Waals surface area contributed by atoms with Crippen LogP contribution in [-0.4, -0.2) is 15.4 Å². The summed E-state index contributed by atoms with van der Waals surface area (Å²) in [4.78, 5) is 4.72. The minimum Gasteiger partial charge on any atom is -0.296 e. The van der Waals surface area contributed by atoms with Crippen molar-refractivity contribution in [1.82, 2.24) is 9.55 Å². The van der Waals surface area contributed by atoms with Crippen LogP contribution < -0.4 is 0 Å². The van der Waals surface area contributed by atoms with Gasteiger partial charge in [-0.25, -0.2) is 4.98 Å². The van der Waals surface area contributed by atoms with Gasteiger partial charge in [0, 0.05) is 26.6 Å². The molecule has 0 saturated heterocycles. The van der Waals surface area contributed by atoms with Crippen LogP contribution in [0.4, 0.5) is 0 Å². The van der Waals surface area contributed by atoms with Crippen LogP contribution >= 0.6 is 45.8 Å². The third kappa shape index (κ3) is 2.91. The average molecular weight is 431 g/mol. The summed E-state index contributed by atoms with van der Waals surface area (Å²) in [5.74, 6) is 1.50. The van der Waals surface area contributed by atoms with Crippen molar-refractivity contribution in [3.63, 3.8) is 0 Å². The predicted molar refractivity (Wildman–Crippen MR) is 98.0 cm³/mol. The van der Waals surface area contributed by atoms with Gasteiger partial charge in [0.1, 0.15) is 5.82 Å². The van der Waals surface area contributed by atoms with Crippen molar-refractivity contribution in [2.75, 3.05) is 5.88 Å². The molecule has 2 nitrogen and oxygen atoms in total. The van der Waals surface area contributed by atoms with E-state index >= 15 is 0 Å². The Morgan fingerprint density at radius 2 is 2.00 bits per heavy atom. The summed E-state index contributed by atoms with van der Waals surface area (Å²) >= 11 is 14.5. The van der Waals surface area contributed by atoms with Gasteiger partial charge in [0.15, 0.2) is 0 Å². The van der Waals surface area contributed by atoms with Gasteiger partial charge in [-0.15, -0.1) is 11.6 Å². The van der Waals surface area contributed by atoms with E-state index in [2.05, 4.69) is 51.4 Å². The van der Waals surface area contributed by atoms with Crippen LogP contribution in [0, 0.1) is 10.5 Å². The first-order valence-corrected chi connectivity index (χ1v) is 8.58. The summed E-state index contributed by atoms with van der Waals surface area (Å²) in [6.07, 6.45) is 0.721. The molecule has 0 radical (unpaired) electrons. The van der Waals surface area contributed by atoms with Crippen molar-refractivity contribution < 1.29 is 0 Å². The minimum atomic E-state index is 0.542. The Balaban J connectivity index is 2.27. The molecule has 0 amide bonds. The second-order valence-electron chi connectivity index (χ2n) is 4.87. The minimum absolute atomic E-state index is 0.542. The number of aromatic nitrogens is 2. The van der Waals surface area contributed by atoms with Crippen LogP contribution in [0.1, 0.15) is 11.4 Å². The van der Waals surface area contributed by atoms with E-state index in [4.69, 9.17) is 28.2 Å². The molecular weight excluding hydrogens is 418 g/mol. The van der Waals surface area contributed by atoms with E-state index in [1.54, 1.807) is 0 Å². The first-order valence-electron chi connectivity index (χ1n) is 6.59. The lowest BCUT2D eigenvalue weighted by Gasteiger charge is -2.10. The molecular formula is C16H13Cl2IN2. The Morgan fingerprint density at radius 1 is 1.19 bits per heavy atom. The highest BCUT2D eigenvalue weighted by atomic mass is 127. The SMILES string of the molecule is Cc1ccc(-n2c(CCCl)nc3cc(I)ccc32)cc1Cl. The van der Waals surface area contributed by atoms with Gasteiger partial charge in [0.2, 0.25) is 0 Å². The zero-order chi connectivity index (χ0) is 15.0. The van der Waals surface area contributed by atoms with Crippen molar-refractivity contribution in [1.29, 1.82) is 0 Å². The molecule has 2 aromatic carbocycles. The van der Waals surface area contributed by atoms with E-state index in [-0.39, 0.29) is 0 Å². The molecule has 0 aliphatic heterocycles. The lowest BCUT2D eigenvalue weighted by atomic mass is 10.2. The van der Waals surface area contributed by atoms with E-state index in [0.29, 0.717) is 5.88 Å². The van der Waals surface area contributed by atoms with Crippen molar-refractivity contribution in [2.24, 2.45) is 0 Å². The summed E-state index contributed by atoms with van der Waals surface area (Å²) in [5, 5.41) is 0.761. The molecule has 0 fully saturated rings. The lowest BCUT2D eigenvalue weighted by molar-refractivity contribution is 0.912. The molecule has 0 bridgehead atoms. The fourth-order valence-electron chi connectivity index (χ4n) is 2.36. The highest BCUT2D eigenvalue weighted by molar-refractivity contribution is 14.1. The summed E-state index contributed by atoms with van der Waals surface area (Å²) in [6.45, 7) is 2.00. The zero-order valence-electron chi connectivity index (χ0n) is 11.4. The largest absolute Gasteiger partial charge is 0.296 e. The molecule has 1 aromatic heterocycles. The first-order chi connectivity index (χ1) is 10.1. The third-order valence-electron chi connectivity index (χ3n) is 3.42. The number of fused-ring (bicyclic) bond motifs is 1. The summed E-state index contributed by atoms with van der Waals surface area (Å²) < 4.78 is 3.31. The Bertz CT molecular complexity index is 811. The van der Waals surface area contributed by atoms with Crippen LogP contribution in [0.2, 0.25) is 5.02 Å². The topological polar surface area (TPSA) is 17.8 Å². The van der Waals surface area contributed by atoms with Gasteiger partial charge >= 0.3 is 0 Å². The molecule has 1 heterocycles. The predicted octanol–water partition coefficient (Wildman–Crippen LogP) is 5.37. The fraction of sp³-hybridized carbons (Fsp3) is 0.188. The van der Waals surface area contributed by atoms with E-state index in [1.807, 2.05) is 19.1 Å². The van der Waals surface area contributed by atoms with Gasteiger partial charge < -0.3 is 0 Å². The summed E-state index contributed by atoms with van der Waals surface area (Å²) in [6, 6.07) is 12.3. The Kier molecular flexibility index (Phi) is 4.43. The van der Waals surface area contributed by atoms with Gasteiger partial charge in [0.25, 0.3) is 0 Å². The van der Waals surface area contributed by atoms with Crippen molar-refractivity contribution >= 4 is 56.8 Å². The van der Waals surface area contributed by atoms with E-state index in [0.717, 1.165) is 39.6 Å². The second kappa shape index (κ2) is 6.15. The quantitative estimate of drug-likeness (QED) is 0.403. The van der Waals surface area contributed by atoms with Gasteiger partial charge in [-0.1, -0.05) is 17.7 Å². The average Bonchev–Trinajstić information content (AvgIpc) is 2.79. The van der Waals surface area contributed by atoms with E-state index in [1.165, 1.54) is 3.57 Å². The molecule has 0 aliphatic rings. The van der Waals surface area contributed by atoms with Crippen LogP contribution in [0.15, 0.2) is 36.4 Å². The number of hydrogen-bond donors (Lipinski definition) is 0. The van der Waals surface area contributed by atoms with E-state index in [9.17, 15) is 0 Å². The van der Waals surface area contributed by atoms with Crippen LogP contribution in [0.3, 0.4) is 0 Å². The fourth-order valence-corrected chi connectivity index (χ4v) is 3.18. The van der Waals surface area contributed by atoms with Crippen LogP contribution in [0.25, 0.3) is 16.7 Å². The monoisotopic (exact) mass is 430 g/mol. The van der Waals surface area contributed by atoms with Gasteiger partial charge in [-0.2, -0.15) is 0 Å². The Hall–Kier alpha value is -0.780. The van der Waals surface area contributed by atoms with Gasteiger partial charge in [-0.3, -0.25) is 4.57 Å². The number of hydrogen-bond acceptors (Lipinski definition) is 1. The molecule has 0 unspecified atom stereocenters. The molecule has 0 atom stereocenters. The molecule has 0 spiro atoms. The number of alkyl halides is 1.